The summed E-state index contributed by atoms with van der Waals surface area (Å²) in [5.74, 6) is 0. The molecule has 11 heteroatoms. The van der Waals surface area contributed by atoms with Crippen molar-refractivity contribution in [1.29, 1.82) is 10.5 Å². The third-order valence-corrected chi connectivity index (χ3v) is 3.42. The Morgan fingerprint density at radius 2 is 0.640 bits per heavy atom. The summed E-state index contributed by atoms with van der Waals surface area (Å²) in [5, 5.41) is 14.9. The van der Waals surface area contributed by atoms with Crippen LogP contribution in [0.1, 0.15) is 0 Å². The number of halogens is 2. The summed E-state index contributed by atoms with van der Waals surface area (Å²) in [4.78, 5) is 1.31. The summed E-state index contributed by atoms with van der Waals surface area (Å²) in [5.41, 5.74) is 0. The first kappa shape index (κ1) is 24.1. The van der Waals surface area contributed by atoms with Gasteiger partial charge in [0, 0.05) is 0 Å². The van der Waals surface area contributed by atoms with E-state index in [9.17, 15) is 7.10 Å². The number of nitrogens with zero attached hydrogens (tertiary/aromatic N) is 2. The Hall–Kier alpha value is -0.881. The summed E-state index contributed by atoms with van der Waals surface area (Å²) >= 11 is -5.19. The molecule has 0 atom stereocenters. The summed E-state index contributed by atoms with van der Waals surface area (Å²) in [7, 11) is 0. The molecular weight excluding hydrogens is 409 g/mol. The first-order valence-corrected chi connectivity index (χ1v) is 10.6. The molecule has 25 heavy (non-hydrogen) atoms. The van der Waals surface area contributed by atoms with Gasteiger partial charge in [-0.2, -0.15) is 0 Å². The molecule has 0 saturated carbocycles. The van der Waals surface area contributed by atoms with Gasteiger partial charge in [-0.15, -0.1) is 0 Å². The Kier molecular flexibility index (Phi) is 17.3. The average Bonchev–Trinajstić information content (AvgIpc) is 2.62. The third kappa shape index (κ3) is 19.3. The predicted molar refractivity (Wildman–Crippen MR) is 84.1 cm³/mol. The molecular formula is C14H24F2N2O6Se. The van der Waals surface area contributed by atoms with Gasteiger partial charge in [-0.25, -0.2) is 0 Å². The SMILES string of the molecule is C1COCCOCCOCCOCCOCCO1.N#C[Se](F)(F)C#N. The first-order valence-electron chi connectivity index (χ1n) is 7.63. The van der Waals surface area contributed by atoms with E-state index in [4.69, 9.17) is 38.9 Å². The number of hydrogen-bond acceptors (Lipinski definition) is 8. The molecule has 0 amide bonds. The van der Waals surface area contributed by atoms with Crippen LogP contribution in [0.5, 0.6) is 0 Å². The van der Waals surface area contributed by atoms with Gasteiger partial charge in [0.25, 0.3) is 0 Å². The Morgan fingerprint density at radius 1 is 0.480 bits per heavy atom. The third-order valence-electron chi connectivity index (χ3n) is 2.46. The van der Waals surface area contributed by atoms with Crippen molar-refractivity contribution >= 4 is 13.8 Å². The topological polar surface area (TPSA) is 103 Å². The zero-order valence-electron chi connectivity index (χ0n) is 14.0. The maximum absolute atomic E-state index is 11.3. The number of hydrogen-bond donors (Lipinski definition) is 0. The molecule has 0 aromatic carbocycles. The van der Waals surface area contributed by atoms with Crippen LogP contribution in [0.15, 0.2) is 0 Å². The van der Waals surface area contributed by atoms with E-state index in [-0.39, 0.29) is 0 Å². The van der Waals surface area contributed by atoms with Crippen molar-refractivity contribution in [2.75, 3.05) is 79.3 Å². The zero-order valence-corrected chi connectivity index (χ0v) is 15.7. The number of rotatable bonds is 0. The Labute approximate surface area is 149 Å². The van der Waals surface area contributed by atoms with Crippen molar-refractivity contribution in [2.45, 2.75) is 0 Å². The van der Waals surface area contributed by atoms with Crippen molar-refractivity contribution in [2.24, 2.45) is 0 Å². The fourth-order valence-electron chi connectivity index (χ4n) is 1.34. The van der Waals surface area contributed by atoms with Crippen LogP contribution in [0.3, 0.4) is 0 Å². The van der Waals surface area contributed by atoms with Gasteiger partial charge in [-0.3, -0.25) is 0 Å². The van der Waals surface area contributed by atoms with Crippen molar-refractivity contribution in [3.05, 3.63) is 0 Å². The number of ether oxygens (including phenoxy) is 6. The molecule has 146 valence electrons. The van der Waals surface area contributed by atoms with Gasteiger partial charge in [0.2, 0.25) is 0 Å². The quantitative estimate of drug-likeness (QED) is 0.512. The molecule has 1 rings (SSSR count). The summed E-state index contributed by atoms with van der Waals surface area (Å²) < 4.78 is 54.6. The second-order valence-corrected chi connectivity index (χ2v) is 7.06. The average molecular weight is 433 g/mol. The van der Waals surface area contributed by atoms with Crippen LogP contribution in [-0.2, 0) is 28.4 Å². The van der Waals surface area contributed by atoms with Gasteiger partial charge < -0.3 is 28.4 Å². The van der Waals surface area contributed by atoms with E-state index in [0.29, 0.717) is 89.2 Å². The molecule has 0 unspecified atom stereocenters. The molecule has 0 aromatic heterocycles. The molecule has 1 aliphatic heterocycles. The van der Waals surface area contributed by atoms with E-state index in [2.05, 4.69) is 0 Å². The van der Waals surface area contributed by atoms with Crippen LogP contribution in [-0.4, -0.2) is 93.0 Å². The summed E-state index contributed by atoms with van der Waals surface area (Å²) in [6, 6.07) is 0. The van der Waals surface area contributed by atoms with E-state index in [0.717, 1.165) is 0 Å². The number of nitriles is 2. The van der Waals surface area contributed by atoms with Crippen molar-refractivity contribution < 1.29 is 35.5 Å². The normalized spacial score (nSPS) is 20.5. The van der Waals surface area contributed by atoms with Crippen LogP contribution < -0.4 is 0 Å². The van der Waals surface area contributed by atoms with Crippen molar-refractivity contribution in [1.82, 2.24) is 0 Å². The van der Waals surface area contributed by atoms with Gasteiger partial charge in [0.1, 0.15) is 0 Å². The monoisotopic (exact) mass is 434 g/mol. The van der Waals surface area contributed by atoms with E-state index >= 15 is 0 Å². The van der Waals surface area contributed by atoms with Gasteiger partial charge >= 0.3 is 41.3 Å². The van der Waals surface area contributed by atoms with E-state index in [1.807, 2.05) is 0 Å². The van der Waals surface area contributed by atoms with E-state index < -0.39 is 13.8 Å². The van der Waals surface area contributed by atoms with E-state index in [1.165, 1.54) is 0 Å². The van der Waals surface area contributed by atoms with Crippen LogP contribution in [0.4, 0.5) is 7.10 Å². The molecule has 0 radical (unpaired) electrons. The second kappa shape index (κ2) is 17.9. The van der Waals surface area contributed by atoms with Gasteiger partial charge in [0.15, 0.2) is 0 Å². The summed E-state index contributed by atoms with van der Waals surface area (Å²) in [6.45, 7) is 7.04. The molecule has 1 fully saturated rings. The van der Waals surface area contributed by atoms with Crippen LogP contribution in [0, 0.1) is 20.5 Å². The maximum atomic E-state index is 11.3. The molecule has 1 saturated heterocycles. The molecule has 0 aliphatic carbocycles. The molecule has 1 heterocycles. The van der Waals surface area contributed by atoms with Gasteiger partial charge in [0.05, 0.1) is 79.3 Å². The zero-order chi connectivity index (χ0) is 18.6. The fraction of sp³-hybridized carbons (Fsp3) is 0.857. The Balaban J connectivity index is 0.000000697. The molecule has 8 nitrogen and oxygen atoms in total. The molecule has 0 aromatic rings. The minimum absolute atomic E-state index is 0.586. The molecule has 0 spiro atoms. The Bertz CT molecular complexity index is 301. The van der Waals surface area contributed by atoms with Gasteiger partial charge in [-0.1, -0.05) is 0 Å². The second-order valence-electron chi connectivity index (χ2n) is 4.33. The molecule has 0 bridgehead atoms. The van der Waals surface area contributed by atoms with Crippen molar-refractivity contribution in [3.63, 3.8) is 0 Å². The minimum atomic E-state index is -5.19. The van der Waals surface area contributed by atoms with Crippen LogP contribution in [0.25, 0.3) is 0 Å². The first-order chi connectivity index (χ1) is 12.1. The van der Waals surface area contributed by atoms with E-state index in [1.54, 1.807) is 0 Å². The molecule has 1 aliphatic rings. The standard InChI is InChI=1S/C12H24O6.C2F2N2Se/c1-2-14-5-6-16-9-10-18-12-11-17-8-7-15-4-3-13-1;3-7(4,1-5)2-6/h1-12H2;. The van der Waals surface area contributed by atoms with Gasteiger partial charge in [-0.05, 0) is 0 Å². The van der Waals surface area contributed by atoms with Crippen molar-refractivity contribution in [3.8, 4) is 9.94 Å². The predicted octanol–water partition coefficient (Wildman–Crippen LogP) is 0.593. The fourth-order valence-corrected chi connectivity index (χ4v) is 1.43. The molecule has 0 N–H and O–H groups in total. The summed E-state index contributed by atoms with van der Waals surface area (Å²) in [6.07, 6.45) is 0. The van der Waals surface area contributed by atoms with Crippen LogP contribution >= 0.6 is 0 Å². The Morgan fingerprint density at radius 3 is 0.720 bits per heavy atom. The van der Waals surface area contributed by atoms with Crippen LogP contribution in [0.2, 0.25) is 0 Å².